The van der Waals surface area contributed by atoms with Crippen LogP contribution < -0.4 is 10.6 Å². The van der Waals surface area contributed by atoms with Crippen molar-refractivity contribution in [2.24, 2.45) is 0 Å². The summed E-state index contributed by atoms with van der Waals surface area (Å²) < 4.78 is 0. The summed E-state index contributed by atoms with van der Waals surface area (Å²) in [5, 5.41) is 5.50. The molecule has 0 bridgehead atoms. The molecule has 10 heavy (non-hydrogen) atoms. The molecule has 64 valence electrons. The lowest BCUT2D eigenvalue weighted by Crippen LogP contribution is -1.89. The van der Waals surface area contributed by atoms with Gasteiger partial charge in [-0.25, -0.2) is 0 Å². The van der Waals surface area contributed by atoms with E-state index in [1.165, 1.54) is 10.2 Å². The van der Waals surface area contributed by atoms with E-state index in [1.807, 2.05) is 35.1 Å². The topological polar surface area (TPSA) is 24.1 Å². The monoisotopic (exact) mass is 162 g/mol. The fourth-order valence-corrected chi connectivity index (χ4v) is 0. The van der Waals surface area contributed by atoms with E-state index >= 15 is 0 Å². The number of rotatable bonds is 0. The van der Waals surface area contributed by atoms with Gasteiger partial charge in [0.05, 0.1) is 0 Å². The Morgan fingerprint density at radius 3 is 1.10 bits per heavy atom. The van der Waals surface area contributed by atoms with Gasteiger partial charge in [-0.3, -0.25) is 0 Å². The van der Waals surface area contributed by atoms with Gasteiger partial charge in [-0.1, -0.05) is 6.08 Å². The second-order valence-electron chi connectivity index (χ2n) is 1.67. The average Bonchev–Trinajstić information content (AvgIpc) is 1.91. The Hall–Kier alpha value is -0.123. The second kappa shape index (κ2) is 36.6. The molecule has 0 aromatic heterocycles. The molecule has 0 fully saturated rings. The summed E-state index contributed by atoms with van der Waals surface area (Å²) in [6.45, 7) is 2.03. The van der Waals surface area contributed by atoms with E-state index in [9.17, 15) is 0 Å². The fraction of sp³-hybridized carbons (Fsp3) is 0.714. The van der Waals surface area contributed by atoms with Gasteiger partial charge in [-0.2, -0.15) is 0 Å². The number of nitrogens with one attached hydrogen (secondary N) is 2. The summed E-state index contributed by atoms with van der Waals surface area (Å²) in [6, 6.07) is 0. The van der Waals surface area contributed by atoms with E-state index in [-0.39, 0.29) is 0 Å². The van der Waals surface area contributed by atoms with Crippen LogP contribution in [0.15, 0.2) is 11.8 Å². The van der Waals surface area contributed by atoms with E-state index in [0.717, 1.165) is 0 Å². The second-order valence-corrected chi connectivity index (χ2v) is 2.33. The van der Waals surface area contributed by atoms with Gasteiger partial charge in [0.25, 0.3) is 0 Å². The van der Waals surface area contributed by atoms with Crippen LogP contribution in [0.25, 0.3) is 0 Å². The Bertz CT molecular complexity index is 40.9. The Labute approximate surface area is 68.5 Å². The van der Waals surface area contributed by atoms with Gasteiger partial charge in [0, 0.05) is 10.2 Å². The van der Waals surface area contributed by atoms with Crippen molar-refractivity contribution in [3.8, 4) is 0 Å². The fourth-order valence-electron chi connectivity index (χ4n) is 0. The zero-order chi connectivity index (χ0) is 8.83. The van der Waals surface area contributed by atoms with Crippen LogP contribution in [0.2, 0.25) is 0 Å². The van der Waals surface area contributed by atoms with Crippen molar-refractivity contribution >= 4 is 10.2 Å². The molecule has 0 unspecified atom stereocenters. The summed E-state index contributed by atoms with van der Waals surface area (Å²) in [5.74, 6) is 0. The number of hydrogen-bond donors (Lipinski definition) is 2. The largest absolute Gasteiger partial charge is 0.323 e. The minimum Gasteiger partial charge on any atom is -0.323 e. The van der Waals surface area contributed by atoms with Gasteiger partial charge < -0.3 is 10.6 Å². The molecule has 2 nitrogen and oxygen atoms in total. The molecule has 0 atom stereocenters. The Morgan fingerprint density at radius 1 is 1.00 bits per heavy atom. The molecule has 0 aliphatic rings. The Balaban J connectivity index is -0.0000000750. The molecule has 0 aliphatic carbocycles. The first-order valence-electron chi connectivity index (χ1n) is 3.49. The maximum Gasteiger partial charge on any atom is 0.0287 e. The third-order valence-corrected chi connectivity index (χ3v) is 1.00. The maximum absolute atomic E-state index is 2.75. The first kappa shape index (κ1) is 16.5. The lowest BCUT2D eigenvalue weighted by atomic mass is 10.8. The third-order valence-electron chi connectivity index (χ3n) is 0.333. The summed E-state index contributed by atoms with van der Waals surface area (Å²) in [5.41, 5.74) is 2.14. The molecule has 0 saturated carbocycles. The van der Waals surface area contributed by atoms with Crippen molar-refractivity contribution in [1.29, 1.82) is 0 Å². The number of allylic oxidation sites excluding steroid dienone is 1. The number of hydrogen-bond acceptors (Lipinski definition) is 2. The SMILES string of the molecule is CC=C[SiH3].CNC.CNC. The average molecular weight is 162 g/mol. The highest BCUT2D eigenvalue weighted by Crippen LogP contribution is 1.50. The first-order chi connectivity index (χ1) is 4.74. The molecular weight excluding hydrogens is 140 g/mol. The molecule has 0 rings (SSSR count). The molecule has 0 aromatic carbocycles. The summed E-state index contributed by atoms with van der Waals surface area (Å²) in [4.78, 5) is 0. The van der Waals surface area contributed by atoms with E-state index in [0.29, 0.717) is 0 Å². The van der Waals surface area contributed by atoms with E-state index in [4.69, 9.17) is 0 Å². The van der Waals surface area contributed by atoms with Crippen LogP contribution in [0, 0.1) is 0 Å². The van der Waals surface area contributed by atoms with Gasteiger partial charge in [-0.15, -0.1) is 5.70 Å². The Kier molecular flexibility index (Phi) is 60.3. The zero-order valence-electron chi connectivity index (χ0n) is 8.15. The molecule has 0 radical (unpaired) electrons. The summed E-state index contributed by atoms with van der Waals surface area (Å²) in [7, 11) is 8.71. The minimum absolute atomic E-state index is 1.21. The Morgan fingerprint density at radius 2 is 1.10 bits per heavy atom. The molecule has 0 aromatic rings. The molecule has 2 N–H and O–H groups in total. The van der Waals surface area contributed by atoms with Crippen LogP contribution in [-0.4, -0.2) is 38.4 Å². The normalized spacial score (nSPS) is 7.70. The lowest BCUT2D eigenvalue weighted by Gasteiger charge is -1.59. The lowest BCUT2D eigenvalue weighted by molar-refractivity contribution is 1.02. The van der Waals surface area contributed by atoms with Crippen LogP contribution >= 0.6 is 0 Å². The van der Waals surface area contributed by atoms with E-state index < -0.39 is 0 Å². The highest BCUT2D eigenvalue weighted by molar-refractivity contribution is 6.16. The smallest absolute Gasteiger partial charge is 0.0287 e. The summed E-state index contributed by atoms with van der Waals surface area (Å²) >= 11 is 0. The molecule has 0 saturated heterocycles. The highest BCUT2D eigenvalue weighted by Gasteiger charge is 1.35. The van der Waals surface area contributed by atoms with Crippen molar-refractivity contribution in [2.45, 2.75) is 6.92 Å². The maximum atomic E-state index is 2.75. The molecule has 0 amide bonds. The standard InChI is InChI=1S/C3H8Si.2C2H7N/c1-2-3-4;2*1-3-2/h2-3H,1,4H3;2*3H,1-2H3. The quantitative estimate of drug-likeness (QED) is 0.472. The van der Waals surface area contributed by atoms with Gasteiger partial charge >= 0.3 is 0 Å². The van der Waals surface area contributed by atoms with Crippen molar-refractivity contribution < 1.29 is 0 Å². The van der Waals surface area contributed by atoms with Crippen molar-refractivity contribution in [3.05, 3.63) is 11.8 Å². The van der Waals surface area contributed by atoms with Crippen LogP contribution in [-0.2, 0) is 0 Å². The summed E-state index contributed by atoms with van der Waals surface area (Å²) in [6.07, 6.45) is 2.06. The van der Waals surface area contributed by atoms with Crippen molar-refractivity contribution in [3.63, 3.8) is 0 Å². The van der Waals surface area contributed by atoms with Crippen LogP contribution in [0.5, 0.6) is 0 Å². The highest BCUT2D eigenvalue weighted by atomic mass is 28.1. The molecule has 0 heterocycles. The van der Waals surface area contributed by atoms with Crippen molar-refractivity contribution in [2.75, 3.05) is 28.2 Å². The van der Waals surface area contributed by atoms with E-state index in [1.54, 1.807) is 0 Å². The van der Waals surface area contributed by atoms with Crippen LogP contribution in [0.1, 0.15) is 6.92 Å². The molecule has 0 spiro atoms. The van der Waals surface area contributed by atoms with E-state index in [2.05, 4.69) is 22.4 Å². The third kappa shape index (κ3) is 484. The molecule has 0 aliphatic heterocycles. The van der Waals surface area contributed by atoms with Gasteiger partial charge in [0.1, 0.15) is 0 Å². The van der Waals surface area contributed by atoms with Gasteiger partial charge in [0.15, 0.2) is 0 Å². The zero-order valence-corrected chi connectivity index (χ0v) is 10.2. The minimum atomic E-state index is 1.21. The first-order valence-corrected chi connectivity index (χ1v) is 4.64. The predicted molar refractivity (Wildman–Crippen MR) is 54.7 cm³/mol. The van der Waals surface area contributed by atoms with Crippen molar-refractivity contribution in [1.82, 2.24) is 10.6 Å². The molecular formula is C7H22N2Si. The van der Waals surface area contributed by atoms with Crippen LogP contribution in [0.4, 0.5) is 0 Å². The van der Waals surface area contributed by atoms with Gasteiger partial charge in [-0.05, 0) is 35.1 Å². The van der Waals surface area contributed by atoms with Gasteiger partial charge in [0.2, 0.25) is 0 Å². The molecule has 3 heteroatoms. The predicted octanol–water partition coefficient (Wildman–Crippen LogP) is -0.443. The van der Waals surface area contributed by atoms with Crippen LogP contribution in [0.3, 0.4) is 0 Å².